The Morgan fingerprint density at radius 2 is 1.95 bits per heavy atom. The molecule has 0 bridgehead atoms. The third-order valence-corrected chi connectivity index (χ3v) is 3.86. The maximum atomic E-state index is 12.2. The summed E-state index contributed by atoms with van der Waals surface area (Å²) >= 11 is 0. The average Bonchev–Trinajstić information content (AvgIpc) is 2.27. The predicted octanol–water partition coefficient (Wildman–Crippen LogP) is 2.69. The standard InChI is InChI=1S/C12H16F3NO2S/c1-16-11(6-7-12(13,14)15)9-4-3-5-10(8-9)19(2,17)18/h3-5,8,11,16H,6-7H2,1-2H3. The highest BCUT2D eigenvalue weighted by Gasteiger charge is 2.28. The Morgan fingerprint density at radius 1 is 1.32 bits per heavy atom. The maximum absolute atomic E-state index is 12.2. The summed E-state index contributed by atoms with van der Waals surface area (Å²) in [5.41, 5.74) is 0.537. The van der Waals surface area contributed by atoms with Gasteiger partial charge in [0.2, 0.25) is 0 Å². The molecule has 0 saturated carbocycles. The van der Waals surface area contributed by atoms with E-state index in [9.17, 15) is 21.6 Å². The van der Waals surface area contributed by atoms with Crippen LogP contribution in [0.1, 0.15) is 24.4 Å². The van der Waals surface area contributed by atoms with Crippen molar-refractivity contribution in [3.8, 4) is 0 Å². The van der Waals surface area contributed by atoms with Crippen molar-refractivity contribution in [3.63, 3.8) is 0 Å². The Labute approximate surface area is 110 Å². The fourth-order valence-electron chi connectivity index (χ4n) is 1.75. The molecule has 1 rings (SSSR count). The molecule has 0 heterocycles. The second-order valence-electron chi connectivity index (χ2n) is 4.34. The van der Waals surface area contributed by atoms with Crippen LogP contribution < -0.4 is 5.32 Å². The van der Waals surface area contributed by atoms with E-state index in [1.165, 1.54) is 18.2 Å². The molecule has 0 saturated heterocycles. The van der Waals surface area contributed by atoms with Crippen molar-refractivity contribution >= 4 is 9.84 Å². The average molecular weight is 295 g/mol. The van der Waals surface area contributed by atoms with Crippen molar-refractivity contribution in [2.45, 2.75) is 30.0 Å². The lowest BCUT2D eigenvalue weighted by Gasteiger charge is -2.18. The molecule has 1 aromatic rings. The SMILES string of the molecule is CNC(CCC(F)(F)F)c1cccc(S(C)(=O)=O)c1. The molecular formula is C12H16F3NO2S. The van der Waals surface area contributed by atoms with Gasteiger partial charge in [0.05, 0.1) is 4.90 Å². The van der Waals surface area contributed by atoms with Crippen LogP contribution in [-0.2, 0) is 9.84 Å². The summed E-state index contributed by atoms with van der Waals surface area (Å²) in [6.45, 7) is 0. The van der Waals surface area contributed by atoms with E-state index in [1.54, 1.807) is 13.1 Å². The summed E-state index contributed by atoms with van der Waals surface area (Å²) in [6, 6.07) is 5.46. The zero-order chi connectivity index (χ0) is 14.7. The fraction of sp³-hybridized carbons (Fsp3) is 0.500. The van der Waals surface area contributed by atoms with E-state index in [4.69, 9.17) is 0 Å². The Hall–Kier alpha value is -1.08. The van der Waals surface area contributed by atoms with Crippen molar-refractivity contribution in [1.29, 1.82) is 0 Å². The van der Waals surface area contributed by atoms with Crippen molar-refractivity contribution in [1.82, 2.24) is 5.32 Å². The van der Waals surface area contributed by atoms with E-state index >= 15 is 0 Å². The molecule has 0 aliphatic heterocycles. The van der Waals surface area contributed by atoms with Crippen LogP contribution in [0.3, 0.4) is 0 Å². The highest BCUT2D eigenvalue weighted by Crippen LogP contribution is 2.28. The third kappa shape index (κ3) is 5.20. The topological polar surface area (TPSA) is 46.2 Å². The molecule has 0 radical (unpaired) electrons. The Kier molecular flexibility index (Phi) is 4.98. The van der Waals surface area contributed by atoms with E-state index in [1.807, 2.05) is 0 Å². The molecule has 1 aromatic carbocycles. The first-order valence-corrected chi connectivity index (χ1v) is 7.56. The van der Waals surface area contributed by atoms with Crippen LogP contribution >= 0.6 is 0 Å². The van der Waals surface area contributed by atoms with Crippen LogP contribution in [0.15, 0.2) is 29.2 Å². The van der Waals surface area contributed by atoms with Crippen LogP contribution in [0.5, 0.6) is 0 Å². The second kappa shape index (κ2) is 5.92. The first kappa shape index (κ1) is 16.0. The quantitative estimate of drug-likeness (QED) is 0.908. The van der Waals surface area contributed by atoms with Gasteiger partial charge in [0.1, 0.15) is 0 Å². The van der Waals surface area contributed by atoms with Gasteiger partial charge in [-0.15, -0.1) is 0 Å². The number of alkyl halides is 3. The number of benzene rings is 1. The van der Waals surface area contributed by atoms with E-state index < -0.39 is 28.5 Å². The van der Waals surface area contributed by atoms with Crippen molar-refractivity contribution in [2.75, 3.05) is 13.3 Å². The van der Waals surface area contributed by atoms with Gasteiger partial charge in [0, 0.05) is 18.7 Å². The molecule has 0 aliphatic carbocycles. The minimum absolute atomic E-state index is 0.109. The van der Waals surface area contributed by atoms with E-state index in [0.29, 0.717) is 5.56 Å². The van der Waals surface area contributed by atoms with Crippen molar-refractivity contribution in [2.24, 2.45) is 0 Å². The van der Waals surface area contributed by atoms with Gasteiger partial charge in [-0.2, -0.15) is 13.2 Å². The second-order valence-corrected chi connectivity index (χ2v) is 6.36. The van der Waals surface area contributed by atoms with Crippen LogP contribution in [0, 0.1) is 0 Å². The predicted molar refractivity (Wildman–Crippen MR) is 66.6 cm³/mol. The Bertz CT molecular complexity index is 526. The van der Waals surface area contributed by atoms with Crippen LogP contribution in [0.2, 0.25) is 0 Å². The first-order valence-electron chi connectivity index (χ1n) is 5.67. The number of hydrogen-bond donors (Lipinski definition) is 1. The van der Waals surface area contributed by atoms with E-state index in [2.05, 4.69) is 5.32 Å². The van der Waals surface area contributed by atoms with Crippen molar-refractivity contribution < 1.29 is 21.6 Å². The summed E-state index contributed by atoms with van der Waals surface area (Å²) in [5.74, 6) is 0. The van der Waals surface area contributed by atoms with E-state index in [0.717, 1.165) is 6.26 Å². The van der Waals surface area contributed by atoms with Crippen molar-refractivity contribution in [3.05, 3.63) is 29.8 Å². The zero-order valence-electron chi connectivity index (χ0n) is 10.7. The summed E-state index contributed by atoms with van der Waals surface area (Å²) < 4.78 is 59.5. The molecule has 1 unspecified atom stereocenters. The number of nitrogens with one attached hydrogen (secondary N) is 1. The molecule has 1 atom stereocenters. The van der Waals surface area contributed by atoms with Gasteiger partial charge in [-0.05, 0) is 31.2 Å². The summed E-state index contributed by atoms with van der Waals surface area (Å²) in [6.07, 6.45) is -4.20. The van der Waals surface area contributed by atoms with Gasteiger partial charge in [0.15, 0.2) is 9.84 Å². The van der Waals surface area contributed by atoms with Gasteiger partial charge >= 0.3 is 6.18 Å². The molecular weight excluding hydrogens is 279 g/mol. The van der Waals surface area contributed by atoms with Crippen LogP contribution in [0.25, 0.3) is 0 Å². The monoisotopic (exact) mass is 295 g/mol. The number of halogens is 3. The van der Waals surface area contributed by atoms with Gasteiger partial charge in [0.25, 0.3) is 0 Å². The minimum Gasteiger partial charge on any atom is -0.313 e. The normalized spacial score (nSPS) is 14.4. The first-order chi connectivity index (χ1) is 8.63. The highest BCUT2D eigenvalue weighted by molar-refractivity contribution is 7.90. The Balaban J connectivity index is 2.93. The molecule has 1 N–H and O–H groups in total. The molecule has 108 valence electrons. The van der Waals surface area contributed by atoms with Crippen LogP contribution in [-0.4, -0.2) is 27.9 Å². The van der Waals surface area contributed by atoms with Crippen LogP contribution in [0.4, 0.5) is 13.2 Å². The number of hydrogen-bond acceptors (Lipinski definition) is 3. The molecule has 19 heavy (non-hydrogen) atoms. The fourth-order valence-corrected chi connectivity index (χ4v) is 2.42. The summed E-state index contributed by atoms with van der Waals surface area (Å²) in [5, 5.41) is 2.77. The summed E-state index contributed by atoms with van der Waals surface area (Å²) in [4.78, 5) is 0.109. The third-order valence-electron chi connectivity index (χ3n) is 2.75. The number of rotatable bonds is 5. The van der Waals surface area contributed by atoms with Gasteiger partial charge in [-0.25, -0.2) is 8.42 Å². The van der Waals surface area contributed by atoms with E-state index in [-0.39, 0.29) is 11.3 Å². The zero-order valence-corrected chi connectivity index (χ0v) is 11.5. The molecule has 0 aromatic heterocycles. The maximum Gasteiger partial charge on any atom is 0.389 e. The molecule has 0 amide bonds. The molecule has 0 aliphatic rings. The molecule has 0 spiro atoms. The Morgan fingerprint density at radius 3 is 2.42 bits per heavy atom. The number of sulfone groups is 1. The van der Waals surface area contributed by atoms with Gasteiger partial charge < -0.3 is 5.32 Å². The lowest BCUT2D eigenvalue weighted by atomic mass is 10.0. The van der Waals surface area contributed by atoms with Gasteiger partial charge in [-0.1, -0.05) is 12.1 Å². The lowest BCUT2D eigenvalue weighted by molar-refractivity contribution is -0.136. The molecule has 3 nitrogen and oxygen atoms in total. The van der Waals surface area contributed by atoms with Gasteiger partial charge in [-0.3, -0.25) is 0 Å². The summed E-state index contributed by atoms with van der Waals surface area (Å²) in [7, 11) is -1.81. The smallest absolute Gasteiger partial charge is 0.313 e. The highest BCUT2D eigenvalue weighted by atomic mass is 32.2. The molecule has 0 fully saturated rings. The lowest BCUT2D eigenvalue weighted by Crippen LogP contribution is -2.20. The minimum atomic E-state index is -4.22. The largest absolute Gasteiger partial charge is 0.389 e. The molecule has 7 heteroatoms.